The predicted octanol–water partition coefficient (Wildman–Crippen LogP) is 2.86. The van der Waals surface area contributed by atoms with Gasteiger partial charge in [-0.25, -0.2) is 8.42 Å². The molecule has 6 nitrogen and oxygen atoms in total. The summed E-state index contributed by atoms with van der Waals surface area (Å²) in [6.07, 6.45) is 0.440. The smallest absolute Gasteiger partial charge is 0.254 e. The molecule has 144 valence electrons. The number of primary amides is 1. The highest BCUT2D eigenvalue weighted by Crippen LogP contribution is 2.31. The number of hydrogen-bond donors (Lipinski definition) is 2. The van der Waals surface area contributed by atoms with Crippen molar-refractivity contribution >= 4 is 44.9 Å². The van der Waals surface area contributed by atoms with Gasteiger partial charge in [0.15, 0.2) is 9.84 Å². The monoisotopic (exact) mass is 428 g/mol. The largest absolute Gasteiger partial charge is 0.366 e. The first-order valence-electron chi connectivity index (χ1n) is 8.05. The summed E-state index contributed by atoms with van der Waals surface area (Å²) in [5.41, 5.74) is 6.35. The molecule has 0 aliphatic carbocycles. The number of carbonyl (C=O) groups excluding carboxylic acids is 2. The van der Waals surface area contributed by atoms with E-state index >= 15 is 0 Å². The lowest BCUT2D eigenvalue weighted by molar-refractivity contribution is 0.0952. The molecule has 2 rings (SSSR count). The molecule has 0 radical (unpaired) electrons. The Hall–Kier alpha value is -2.09. The zero-order chi connectivity index (χ0) is 20.2. The number of sulfone groups is 1. The van der Waals surface area contributed by atoms with E-state index in [4.69, 9.17) is 28.9 Å². The fraction of sp³-hybridized carbons (Fsp3) is 0.222. The van der Waals surface area contributed by atoms with Gasteiger partial charge in [-0.2, -0.15) is 0 Å². The Morgan fingerprint density at radius 1 is 1.15 bits per heavy atom. The number of rotatable bonds is 7. The van der Waals surface area contributed by atoms with Crippen LogP contribution in [0, 0.1) is 0 Å². The van der Waals surface area contributed by atoms with Gasteiger partial charge >= 0.3 is 0 Å². The van der Waals surface area contributed by atoms with Crippen LogP contribution in [0.2, 0.25) is 10.0 Å². The molecule has 0 aromatic heterocycles. The summed E-state index contributed by atoms with van der Waals surface area (Å²) >= 11 is 12.2. The van der Waals surface area contributed by atoms with E-state index in [0.29, 0.717) is 12.0 Å². The average molecular weight is 429 g/mol. The van der Waals surface area contributed by atoms with Crippen molar-refractivity contribution in [1.82, 2.24) is 5.32 Å². The van der Waals surface area contributed by atoms with E-state index in [1.165, 1.54) is 19.1 Å². The molecule has 0 fully saturated rings. The summed E-state index contributed by atoms with van der Waals surface area (Å²) < 4.78 is 24.2. The highest BCUT2D eigenvalue weighted by molar-refractivity contribution is 7.91. The third-order valence-corrected chi connectivity index (χ3v) is 6.50. The van der Waals surface area contributed by atoms with Crippen molar-refractivity contribution < 1.29 is 18.0 Å². The fourth-order valence-corrected chi connectivity index (χ4v) is 4.28. The number of halogens is 2. The molecule has 0 heterocycles. The predicted molar refractivity (Wildman–Crippen MR) is 105 cm³/mol. The van der Waals surface area contributed by atoms with Gasteiger partial charge in [0.05, 0.1) is 26.3 Å². The minimum atomic E-state index is -3.59. The molecule has 2 aromatic carbocycles. The van der Waals surface area contributed by atoms with Gasteiger partial charge in [-0.3, -0.25) is 9.59 Å². The summed E-state index contributed by atoms with van der Waals surface area (Å²) in [7, 11) is -3.59. The molecule has 27 heavy (non-hydrogen) atoms. The third kappa shape index (κ3) is 5.00. The topological polar surface area (TPSA) is 106 Å². The van der Waals surface area contributed by atoms with Crippen molar-refractivity contribution in [1.29, 1.82) is 0 Å². The van der Waals surface area contributed by atoms with E-state index < -0.39 is 21.7 Å². The Bertz CT molecular complexity index is 991. The van der Waals surface area contributed by atoms with E-state index in [1.54, 1.807) is 24.3 Å². The number of nitrogens with one attached hydrogen (secondary N) is 1. The molecule has 0 aliphatic rings. The minimum Gasteiger partial charge on any atom is -0.366 e. The van der Waals surface area contributed by atoms with Crippen LogP contribution in [0.4, 0.5) is 0 Å². The van der Waals surface area contributed by atoms with Crippen LogP contribution in [0.25, 0.3) is 0 Å². The lowest BCUT2D eigenvalue weighted by Crippen LogP contribution is -2.27. The van der Waals surface area contributed by atoms with Crippen LogP contribution in [0.3, 0.4) is 0 Å². The zero-order valence-corrected chi connectivity index (χ0v) is 16.8. The van der Waals surface area contributed by atoms with Crippen LogP contribution in [-0.2, 0) is 16.3 Å². The first-order valence-corrected chi connectivity index (χ1v) is 10.5. The van der Waals surface area contributed by atoms with Gasteiger partial charge in [0, 0.05) is 12.1 Å². The van der Waals surface area contributed by atoms with Crippen molar-refractivity contribution in [2.75, 3.05) is 12.3 Å². The Kier molecular flexibility index (Phi) is 6.86. The lowest BCUT2D eigenvalue weighted by atomic mass is 10.1. The van der Waals surface area contributed by atoms with E-state index in [2.05, 4.69) is 5.32 Å². The van der Waals surface area contributed by atoms with E-state index in [-0.39, 0.29) is 32.8 Å². The zero-order valence-electron chi connectivity index (χ0n) is 14.5. The molecule has 0 unspecified atom stereocenters. The second-order valence-corrected chi connectivity index (χ2v) is 8.74. The van der Waals surface area contributed by atoms with Gasteiger partial charge in [-0.1, -0.05) is 42.3 Å². The van der Waals surface area contributed by atoms with E-state index in [9.17, 15) is 18.0 Å². The van der Waals surface area contributed by atoms with Crippen molar-refractivity contribution in [3.8, 4) is 0 Å². The third-order valence-electron chi connectivity index (χ3n) is 3.91. The first kappa shape index (κ1) is 21.2. The van der Waals surface area contributed by atoms with E-state index in [1.807, 2.05) is 0 Å². The molecule has 0 atom stereocenters. The maximum atomic E-state index is 12.5. The van der Waals surface area contributed by atoms with Crippen LogP contribution in [0.15, 0.2) is 41.3 Å². The van der Waals surface area contributed by atoms with Crippen molar-refractivity contribution in [3.63, 3.8) is 0 Å². The van der Waals surface area contributed by atoms with Crippen LogP contribution < -0.4 is 11.1 Å². The molecule has 9 heteroatoms. The molecule has 3 N–H and O–H groups in total. The Labute approximate surface area is 167 Å². The number of carbonyl (C=O) groups is 2. The highest BCUT2D eigenvalue weighted by atomic mass is 35.5. The number of hydrogen-bond acceptors (Lipinski definition) is 4. The van der Waals surface area contributed by atoms with Crippen molar-refractivity contribution in [2.24, 2.45) is 5.73 Å². The highest BCUT2D eigenvalue weighted by Gasteiger charge is 2.23. The molecule has 2 aromatic rings. The summed E-state index contributed by atoms with van der Waals surface area (Å²) in [6.45, 7) is 1.72. The number of benzene rings is 2. The van der Waals surface area contributed by atoms with Gasteiger partial charge in [0.25, 0.3) is 5.91 Å². The molecule has 0 saturated heterocycles. The van der Waals surface area contributed by atoms with Crippen LogP contribution in [-0.4, -0.2) is 32.5 Å². The lowest BCUT2D eigenvalue weighted by Gasteiger charge is -2.12. The van der Waals surface area contributed by atoms with E-state index in [0.717, 1.165) is 5.56 Å². The van der Waals surface area contributed by atoms with Gasteiger partial charge < -0.3 is 11.1 Å². The fourth-order valence-electron chi connectivity index (χ4n) is 2.43. The Morgan fingerprint density at radius 2 is 1.85 bits per heavy atom. The van der Waals surface area contributed by atoms with Gasteiger partial charge in [0.1, 0.15) is 0 Å². The van der Waals surface area contributed by atoms with Crippen molar-refractivity contribution in [3.05, 3.63) is 63.1 Å². The Balaban J connectivity index is 2.16. The summed E-state index contributed by atoms with van der Waals surface area (Å²) in [4.78, 5) is 23.5. The average Bonchev–Trinajstić information content (AvgIpc) is 2.61. The molecule has 0 saturated carbocycles. The van der Waals surface area contributed by atoms with Crippen LogP contribution in [0.1, 0.15) is 33.2 Å². The quantitative estimate of drug-likeness (QED) is 0.706. The number of nitrogens with two attached hydrogens (primary N) is 1. The van der Waals surface area contributed by atoms with Crippen molar-refractivity contribution in [2.45, 2.75) is 18.2 Å². The van der Waals surface area contributed by atoms with Crippen LogP contribution in [0.5, 0.6) is 0 Å². The summed E-state index contributed by atoms with van der Waals surface area (Å²) in [6, 6.07) is 9.36. The SMILES string of the molecule is CCS(=O)(=O)c1ccc(Cl)c(C(=O)NCCc2cccc(C(N)=O)c2)c1Cl. The molecular formula is C18H18Cl2N2O4S. The molecular weight excluding hydrogens is 411 g/mol. The summed E-state index contributed by atoms with van der Waals surface area (Å²) in [5, 5.41) is 2.52. The maximum Gasteiger partial charge on any atom is 0.254 e. The van der Waals surface area contributed by atoms with Gasteiger partial charge in [0.2, 0.25) is 5.91 Å². The minimum absolute atomic E-state index is 0.0586. The number of amides is 2. The molecule has 0 aliphatic heterocycles. The molecule has 0 spiro atoms. The maximum absolute atomic E-state index is 12.5. The standard InChI is InChI=1S/C18H18Cl2N2O4S/c1-2-27(25,26)14-7-6-13(19)15(16(14)20)18(24)22-9-8-11-4-3-5-12(10-11)17(21)23/h3-7,10H,2,8-9H2,1H3,(H2,21,23)(H,22,24). The molecule has 0 bridgehead atoms. The first-order chi connectivity index (χ1) is 12.7. The van der Waals surface area contributed by atoms with Gasteiger partial charge in [-0.05, 0) is 36.2 Å². The molecule has 2 amide bonds. The van der Waals surface area contributed by atoms with Crippen LogP contribution >= 0.6 is 23.2 Å². The van der Waals surface area contributed by atoms with Gasteiger partial charge in [-0.15, -0.1) is 0 Å². The second-order valence-electron chi connectivity index (χ2n) is 5.71. The summed E-state index contributed by atoms with van der Waals surface area (Å²) in [5.74, 6) is -1.26. The Morgan fingerprint density at radius 3 is 2.48 bits per heavy atom. The second kappa shape index (κ2) is 8.73. The normalized spacial score (nSPS) is 11.2.